The molecule has 1 aromatic carbocycles. The Morgan fingerprint density at radius 2 is 2.23 bits per heavy atom. The molecule has 0 aliphatic carbocycles. The van der Waals surface area contributed by atoms with Crippen molar-refractivity contribution < 1.29 is 27.9 Å². The highest BCUT2D eigenvalue weighted by atomic mass is 32.2. The second-order valence-corrected chi connectivity index (χ2v) is 5.89. The molecule has 0 unspecified atom stereocenters. The van der Waals surface area contributed by atoms with Crippen LogP contribution < -0.4 is 13.8 Å². The van der Waals surface area contributed by atoms with Crippen LogP contribution in [0.3, 0.4) is 0 Å². The summed E-state index contributed by atoms with van der Waals surface area (Å²) in [5, 5.41) is 23.3. The van der Waals surface area contributed by atoms with E-state index in [1.54, 1.807) is 0 Å². The van der Waals surface area contributed by atoms with Gasteiger partial charge in [0.2, 0.25) is 5.88 Å². The number of anilines is 1. The largest absolute Gasteiger partial charge is 0.506 e. The van der Waals surface area contributed by atoms with E-state index in [-0.39, 0.29) is 29.5 Å². The van der Waals surface area contributed by atoms with Gasteiger partial charge in [0.05, 0.1) is 11.6 Å². The molecule has 0 radical (unpaired) electrons. The molecule has 0 bridgehead atoms. The Balaban J connectivity index is 2.14. The van der Waals surface area contributed by atoms with Gasteiger partial charge in [0.25, 0.3) is 5.88 Å². The minimum absolute atomic E-state index is 0.0873. The van der Waals surface area contributed by atoms with E-state index in [1.807, 2.05) is 4.72 Å². The number of aromatic hydroxyl groups is 1. The molecule has 9 nitrogen and oxygen atoms in total. The molecule has 3 N–H and O–H groups in total. The van der Waals surface area contributed by atoms with Gasteiger partial charge in [0.15, 0.2) is 5.58 Å². The first kappa shape index (κ1) is 14.1. The fourth-order valence-corrected chi connectivity index (χ4v) is 3.00. The van der Waals surface area contributed by atoms with E-state index >= 15 is 0 Å². The molecule has 0 spiro atoms. The van der Waals surface area contributed by atoms with Gasteiger partial charge in [-0.25, -0.2) is 9.03 Å². The summed E-state index contributed by atoms with van der Waals surface area (Å²) in [6.07, 6.45) is 2.44. The van der Waals surface area contributed by atoms with Crippen molar-refractivity contribution in [3.63, 3.8) is 0 Å². The SMILES string of the molecule is C=CCOc1noc2cc(O)c(N3C=C(O)NS3(=O)=O)cc12. The zero-order chi connectivity index (χ0) is 15.9. The summed E-state index contributed by atoms with van der Waals surface area (Å²) in [5.74, 6) is -0.794. The molecular formula is C12H11N3O6S. The molecule has 2 aromatic rings. The van der Waals surface area contributed by atoms with Gasteiger partial charge < -0.3 is 19.5 Å². The first-order chi connectivity index (χ1) is 10.4. The minimum atomic E-state index is -4.02. The van der Waals surface area contributed by atoms with Gasteiger partial charge >= 0.3 is 10.2 Å². The van der Waals surface area contributed by atoms with Gasteiger partial charge in [0, 0.05) is 6.07 Å². The molecule has 0 atom stereocenters. The monoisotopic (exact) mass is 325 g/mol. The Hall–Kier alpha value is -2.88. The van der Waals surface area contributed by atoms with Crippen LogP contribution in [0.15, 0.2) is 41.4 Å². The number of hydrogen-bond donors (Lipinski definition) is 3. The van der Waals surface area contributed by atoms with E-state index in [2.05, 4.69) is 11.7 Å². The second-order valence-electron chi connectivity index (χ2n) is 4.34. The molecule has 1 aliphatic rings. The van der Waals surface area contributed by atoms with E-state index < -0.39 is 16.1 Å². The average Bonchev–Trinajstić information content (AvgIpc) is 2.95. The first-order valence-electron chi connectivity index (χ1n) is 6.01. The normalized spacial score (nSPS) is 16.4. The quantitative estimate of drug-likeness (QED) is 0.719. The van der Waals surface area contributed by atoms with Crippen LogP contribution in [-0.4, -0.2) is 30.4 Å². The van der Waals surface area contributed by atoms with Crippen molar-refractivity contribution in [2.75, 3.05) is 10.9 Å². The minimum Gasteiger partial charge on any atom is -0.506 e. The highest BCUT2D eigenvalue weighted by Crippen LogP contribution is 2.38. The number of aliphatic hydroxyl groups excluding tert-OH is 1. The van der Waals surface area contributed by atoms with Gasteiger partial charge in [-0.3, -0.25) is 0 Å². The third-order valence-corrected chi connectivity index (χ3v) is 4.13. The lowest BCUT2D eigenvalue weighted by Gasteiger charge is -2.15. The van der Waals surface area contributed by atoms with Gasteiger partial charge in [-0.2, -0.15) is 8.42 Å². The van der Waals surface area contributed by atoms with Crippen molar-refractivity contribution in [2.24, 2.45) is 0 Å². The summed E-state index contributed by atoms with van der Waals surface area (Å²) in [7, 11) is -4.02. The van der Waals surface area contributed by atoms with Crippen molar-refractivity contribution >= 4 is 26.9 Å². The predicted molar refractivity (Wildman–Crippen MR) is 76.6 cm³/mol. The van der Waals surface area contributed by atoms with Crippen LogP contribution in [0.1, 0.15) is 0 Å². The fourth-order valence-electron chi connectivity index (χ4n) is 1.95. The highest BCUT2D eigenvalue weighted by Gasteiger charge is 2.31. The summed E-state index contributed by atoms with van der Waals surface area (Å²) in [6.45, 7) is 3.69. The smallest absolute Gasteiger partial charge is 0.330 e. The molecule has 1 aliphatic heterocycles. The summed E-state index contributed by atoms with van der Waals surface area (Å²) in [5.41, 5.74) is 0.133. The lowest BCUT2D eigenvalue weighted by atomic mass is 10.2. The molecule has 3 rings (SSSR count). The third kappa shape index (κ3) is 2.19. The Labute approximate surface area is 124 Å². The Kier molecular flexibility index (Phi) is 3.10. The van der Waals surface area contributed by atoms with Crippen LogP contribution in [0.25, 0.3) is 11.0 Å². The first-order valence-corrected chi connectivity index (χ1v) is 7.45. The summed E-state index contributed by atoms with van der Waals surface area (Å²) in [6, 6.07) is 2.53. The number of ether oxygens (including phenoxy) is 1. The van der Waals surface area contributed by atoms with Crippen LogP contribution in [-0.2, 0) is 10.2 Å². The molecule has 1 aromatic heterocycles. The lowest BCUT2D eigenvalue weighted by Crippen LogP contribution is -2.29. The zero-order valence-electron chi connectivity index (χ0n) is 11.1. The molecule has 0 amide bonds. The second kappa shape index (κ2) is 4.84. The molecule has 22 heavy (non-hydrogen) atoms. The van der Waals surface area contributed by atoms with Crippen LogP contribution in [0, 0.1) is 0 Å². The van der Waals surface area contributed by atoms with Crippen molar-refractivity contribution in [3.05, 3.63) is 36.9 Å². The summed E-state index contributed by atoms with van der Waals surface area (Å²) >= 11 is 0. The molecule has 0 fully saturated rings. The van der Waals surface area contributed by atoms with Crippen LogP contribution in [0.2, 0.25) is 0 Å². The van der Waals surface area contributed by atoms with Crippen molar-refractivity contribution in [1.82, 2.24) is 9.88 Å². The number of phenols is 1. The lowest BCUT2D eigenvalue weighted by molar-refractivity contribution is 0.317. The van der Waals surface area contributed by atoms with Crippen molar-refractivity contribution in [3.8, 4) is 11.6 Å². The molecule has 116 valence electrons. The van der Waals surface area contributed by atoms with Gasteiger partial charge in [-0.1, -0.05) is 12.7 Å². The number of fused-ring (bicyclic) bond motifs is 1. The Morgan fingerprint density at radius 3 is 2.86 bits per heavy atom. The Bertz CT molecular complexity index is 886. The van der Waals surface area contributed by atoms with Gasteiger partial charge in [-0.05, 0) is 11.2 Å². The average molecular weight is 325 g/mol. The number of aromatic nitrogens is 1. The number of nitrogens with zero attached hydrogens (tertiary/aromatic N) is 2. The molecule has 2 heterocycles. The van der Waals surface area contributed by atoms with Crippen LogP contribution >= 0.6 is 0 Å². The van der Waals surface area contributed by atoms with Crippen LogP contribution in [0.5, 0.6) is 11.6 Å². The number of rotatable bonds is 4. The number of phenolic OH excluding ortho intramolecular Hbond substituents is 1. The van der Waals surface area contributed by atoms with E-state index in [4.69, 9.17) is 9.26 Å². The third-order valence-electron chi connectivity index (χ3n) is 2.84. The van der Waals surface area contributed by atoms with E-state index in [0.717, 1.165) is 6.20 Å². The highest BCUT2D eigenvalue weighted by molar-refractivity contribution is 7.91. The maximum absolute atomic E-state index is 11.9. The molecule has 0 saturated heterocycles. The van der Waals surface area contributed by atoms with E-state index in [9.17, 15) is 18.6 Å². The van der Waals surface area contributed by atoms with E-state index in [1.165, 1.54) is 18.2 Å². The Morgan fingerprint density at radius 1 is 1.45 bits per heavy atom. The van der Waals surface area contributed by atoms with Gasteiger partial charge in [-0.15, -0.1) is 0 Å². The van der Waals surface area contributed by atoms with Crippen LogP contribution in [0.4, 0.5) is 5.69 Å². The maximum Gasteiger partial charge on any atom is 0.330 e. The van der Waals surface area contributed by atoms with Crippen molar-refractivity contribution in [1.29, 1.82) is 0 Å². The van der Waals surface area contributed by atoms with E-state index in [0.29, 0.717) is 9.69 Å². The number of benzene rings is 1. The number of hydrogen-bond acceptors (Lipinski definition) is 7. The number of aliphatic hydroxyl groups is 1. The zero-order valence-corrected chi connectivity index (χ0v) is 11.9. The van der Waals surface area contributed by atoms with Gasteiger partial charge in [0.1, 0.15) is 18.0 Å². The maximum atomic E-state index is 11.9. The summed E-state index contributed by atoms with van der Waals surface area (Å²) in [4.78, 5) is 0. The topological polar surface area (TPSA) is 125 Å². The predicted octanol–water partition coefficient (Wildman–Crippen LogP) is 1.11. The molecule has 0 saturated carbocycles. The standard InChI is InChI=1S/C12H11N3O6S/c1-2-3-20-12-7-4-8(9(16)5-10(7)21-13-12)15-6-11(17)14-22(15,18)19/h2,4-6,14,16-17H,1,3H2. The molecular weight excluding hydrogens is 314 g/mol. The summed E-state index contributed by atoms with van der Waals surface area (Å²) < 4.78 is 36.6. The molecule has 10 heteroatoms. The van der Waals surface area contributed by atoms with Crippen molar-refractivity contribution in [2.45, 2.75) is 0 Å². The number of nitrogens with one attached hydrogen (secondary N) is 1. The fraction of sp³-hybridized carbons (Fsp3) is 0.0833.